The van der Waals surface area contributed by atoms with E-state index in [1.54, 1.807) is 0 Å². The number of piperidine rings is 1. The molecule has 0 aromatic rings. The van der Waals surface area contributed by atoms with Gasteiger partial charge in [0.05, 0.1) is 6.61 Å². The number of aliphatic hydroxyl groups is 1. The van der Waals surface area contributed by atoms with Crippen LogP contribution in [-0.4, -0.2) is 48.3 Å². The Kier molecular flexibility index (Phi) is 3.19. The standard InChI is InChI=1S/C10H20N2O/c13-6-4-11-9-7-10-3-1-2-5-12(10)8-9/h9-11,13H,1-8H2. The zero-order valence-electron chi connectivity index (χ0n) is 8.21. The van der Waals surface area contributed by atoms with E-state index in [1.165, 1.54) is 38.8 Å². The summed E-state index contributed by atoms with van der Waals surface area (Å²) in [5.74, 6) is 0. The molecule has 0 aliphatic carbocycles. The SMILES string of the molecule is OCCNC1CC2CCCCN2C1. The van der Waals surface area contributed by atoms with Crippen LogP contribution in [0.2, 0.25) is 0 Å². The van der Waals surface area contributed by atoms with Crippen molar-refractivity contribution in [1.29, 1.82) is 0 Å². The molecule has 2 atom stereocenters. The van der Waals surface area contributed by atoms with Crippen molar-refractivity contribution in [1.82, 2.24) is 10.2 Å². The van der Waals surface area contributed by atoms with Gasteiger partial charge in [0, 0.05) is 25.2 Å². The molecule has 2 N–H and O–H groups in total. The minimum atomic E-state index is 0.265. The van der Waals surface area contributed by atoms with E-state index in [1.807, 2.05) is 0 Å². The molecule has 2 fully saturated rings. The zero-order chi connectivity index (χ0) is 9.10. The van der Waals surface area contributed by atoms with Gasteiger partial charge in [0.1, 0.15) is 0 Å². The zero-order valence-corrected chi connectivity index (χ0v) is 8.21. The van der Waals surface area contributed by atoms with E-state index in [2.05, 4.69) is 10.2 Å². The minimum Gasteiger partial charge on any atom is -0.395 e. The van der Waals surface area contributed by atoms with Crippen molar-refractivity contribution in [2.45, 2.75) is 37.8 Å². The third-order valence-electron chi connectivity index (χ3n) is 3.31. The summed E-state index contributed by atoms with van der Waals surface area (Å²) in [5, 5.41) is 12.1. The van der Waals surface area contributed by atoms with E-state index >= 15 is 0 Å². The third kappa shape index (κ3) is 2.22. The lowest BCUT2D eigenvalue weighted by molar-refractivity contribution is 0.196. The number of rotatable bonds is 3. The summed E-state index contributed by atoms with van der Waals surface area (Å²) in [7, 11) is 0. The molecule has 3 nitrogen and oxygen atoms in total. The summed E-state index contributed by atoms with van der Waals surface area (Å²) >= 11 is 0. The van der Waals surface area contributed by atoms with Gasteiger partial charge >= 0.3 is 0 Å². The Morgan fingerprint density at radius 3 is 3.08 bits per heavy atom. The molecule has 3 heteroatoms. The third-order valence-corrected chi connectivity index (χ3v) is 3.31. The normalized spacial score (nSPS) is 34.8. The molecule has 0 aromatic heterocycles. The molecule has 2 unspecified atom stereocenters. The average Bonchev–Trinajstić information content (AvgIpc) is 2.57. The van der Waals surface area contributed by atoms with Gasteiger partial charge in [-0.15, -0.1) is 0 Å². The fraction of sp³-hybridized carbons (Fsp3) is 1.00. The molecule has 13 heavy (non-hydrogen) atoms. The summed E-state index contributed by atoms with van der Waals surface area (Å²) in [6.45, 7) is 3.51. The van der Waals surface area contributed by atoms with Crippen molar-refractivity contribution in [2.75, 3.05) is 26.2 Å². The summed E-state index contributed by atoms with van der Waals surface area (Å²) in [5.41, 5.74) is 0. The van der Waals surface area contributed by atoms with Gasteiger partial charge in [0.25, 0.3) is 0 Å². The van der Waals surface area contributed by atoms with Crippen LogP contribution in [-0.2, 0) is 0 Å². The van der Waals surface area contributed by atoms with Crippen LogP contribution in [0, 0.1) is 0 Å². The molecule has 2 saturated heterocycles. The molecule has 0 bridgehead atoms. The van der Waals surface area contributed by atoms with Gasteiger partial charge in [-0.1, -0.05) is 6.42 Å². The Hall–Kier alpha value is -0.120. The van der Waals surface area contributed by atoms with Crippen LogP contribution in [0.3, 0.4) is 0 Å². The highest BCUT2D eigenvalue weighted by molar-refractivity contribution is 4.91. The van der Waals surface area contributed by atoms with Gasteiger partial charge in [-0.2, -0.15) is 0 Å². The lowest BCUT2D eigenvalue weighted by atomic mass is 10.0. The number of aliphatic hydroxyl groups excluding tert-OH is 1. The predicted molar refractivity (Wildman–Crippen MR) is 52.7 cm³/mol. The van der Waals surface area contributed by atoms with Crippen molar-refractivity contribution >= 4 is 0 Å². The first-order valence-corrected chi connectivity index (χ1v) is 5.48. The first-order valence-electron chi connectivity index (χ1n) is 5.48. The maximum Gasteiger partial charge on any atom is 0.0556 e. The Balaban J connectivity index is 1.77. The highest BCUT2D eigenvalue weighted by Crippen LogP contribution is 2.26. The Bertz CT molecular complexity index is 149. The van der Waals surface area contributed by atoms with Crippen LogP contribution >= 0.6 is 0 Å². The molecule has 2 heterocycles. The van der Waals surface area contributed by atoms with Crippen LogP contribution in [0.4, 0.5) is 0 Å². The van der Waals surface area contributed by atoms with Gasteiger partial charge in [-0.05, 0) is 25.8 Å². The summed E-state index contributed by atoms with van der Waals surface area (Å²) in [6.07, 6.45) is 5.47. The Labute approximate surface area is 80.1 Å². The van der Waals surface area contributed by atoms with Gasteiger partial charge in [0.2, 0.25) is 0 Å². The molecule has 2 aliphatic rings. The van der Waals surface area contributed by atoms with Crippen molar-refractivity contribution in [2.24, 2.45) is 0 Å². The van der Waals surface area contributed by atoms with Gasteiger partial charge in [-0.3, -0.25) is 4.90 Å². The molecular weight excluding hydrogens is 164 g/mol. The van der Waals surface area contributed by atoms with Gasteiger partial charge < -0.3 is 10.4 Å². The highest BCUT2D eigenvalue weighted by atomic mass is 16.3. The Morgan fingerprint density at radius 2 is 2.31 bits per heavy atom. The van der Waals surface area contributed by atoms with E-state index in [9.17, 15) is 0 Å². The monoisotopic (exact) mass is 184 g/mol. The number of hydrogen-bond donors (Lipinski definition) is 2. The molecular formula is C10H20N2O. The summed E-state index contributed by atoms with van der Waals surface area (Å²) in [6, 6.07) is 1.47. The molecule has 0 spiro atoms. The maximum atomic E-state index is 8.71. The molecule has 0 radical (unpaired) electrons. The second-order valence-corrected chi connectivity index (χ2v) is 4.25. The van der Waals surface area contributed by atoms with E-state index < -0.39 is 0 Å². The molecule has 2 aliphatic heterocycles. The van der Waals surface area contributed by atoms with E-state index in [-0.39, 0.29) is 6.61 Å². The van der Waals surface area contributed by atoms with E-state index in [0.717, 1.165) is 12.6 Å². The molecule has 0 saturated carbocycles. The lowest BCUT2D eigenvalue weighted by Gasteiger charge is -2.28. The number of fused-ring (bicyclic) bond motifs is 1. The van der Waals surface area contributed by atoms with Crippen LogP contribution in [0.25, 0.3) is 0 Å². The van der Waals surface area contributed by atoms with Crippen molar-refractivity contribution < 1.29 is 5.11 Å². The smallest absolute Gasteiger partial charge is 0.0556 e. The maximum absolute atomic E-state index is 8.71. The van der Waals surface area contributed by atoms with Crippen molar-refractivity contribution in [3.05, 3.63) is 0 Å². The predicted octanol–water partition coefficient (Wildman–Crippen LogP) is 0.195. The first-order chi connectivity index (χ1) is 6.40. The quantitative estimate of drug-likeness (QED) is 0.657. The second kappa shape index (κ2) is 4.40. The number of nitrogens with one attached hydrogen (secondary N) is 1. The second-order valence-electron chi connectivity index (χ2n) is 4.25. The van der Waals surface area contributed by atoms with E-state index in [0.29, 0.717) is 6.04 Å². The van der Waals surface area contributed by atoms with Gasteiger partial charge in [-0.25, -0.2) is 0 Å². The molecule has 0 aromatic carbocycles. The summed E-state index contributed by atoms with van der Waals surface area (Å²) in [4.78, 5) is 2.61. The largest absolute Gasteiger partial charge is 0.395 e. The molecule has 0 amide bonds. The number of nitrogens with zero attached hydrogens (tertiary/aromatic N) is 1. The van der Waals surface area contributed by atoms with Crippen LogP contribution < -0.4 is 5.32 Å². The topological polar surface area (TPSA) is 35.5 Å². The highest BCUT2D eigenvalue weighted by Gasteiger charge is 2.32. The average molecular weight is 184 g/mol. The van der Waals surface area contributed by atoms with Crippen LogP contribution in [0.15, 0.2) is 0 Å². The lowest BCUT2D eigenvalue weighted by Crippen LogP contribution is -2.36. The van der Waals surface area contributed by atoms with Gasteiger partial charge in [0.15, 0.2) is 0 Å². The van der Waals surface area contributed by atoms with Crippen molar-refractivity contribution in [3.63, 3.8) is 0 Å². The van der Waals surface area contributed by atoms with E-state index in [4.69, 9.17) is 5.11 Å². The minimum absolute atomic E-state index is 0.265. The molecule has 76 valence electrons. The Morgan fingerprint density at radius 1 is 1.38 bits per heavy atom. The summed E-state index contributed by atoms with van der Waals surface area (Å²) < 4.78 is 0. The van der Waals surface area contributed by atoms with Crippen LogP contribution in [0.5, 0.6) is 0 Å². The number of hydrogen-bond acceptors (Lipinski definition) is 3. The first kappa shape index (κ1) is 9.44. The fourth-order valence-corrected chi connectivity index (χ4v) is 2.67. The van der Waals surface area contributed by atoms with Crippen LogP contribution in [0.1, 0.15) is 25.7 Å². The van der Waals surface area contributed by atoms with Crippen molar-refractivity contribution in [3.8, 4) is 0 Å². The fourth-order valence-electron chi connectivity index (χ4n) is 2.67. The molecule has 2 rings (SSSR count).